The van der Waals surface area contributed by atoms with Crippen molar-refractivity contribution < 1.29 is 9.69 Å². The van der Waals surface area contributed by atoms with Gasteiger partial charge in [0.05, 0.1) is 19.6 Å². The van der Waals surface area contributed by atoms with Crippen molar-refractivity contribution >= 4 is 17.4 Å². The Balaban J connectivity index is 1.88. The molecule has 0 bridgehead atoms. The Morgan fingerprint density at radius 3 is 2.50 bits per heavy atom. The number of hydrogen-bond acceptors (Lipinski definition) is 4. The third-order valence-corrected chi connectivity index (χ3v) is 6.02. The highest BCUT2D eigenvalue weighted by atomic mass is 16.2. The van der Waals surface area contributed by atoms with E-state index in [1.54, 1.807) is 6.92 Å². The number of nitrogens with two attached hydrogens (primary N) is 1. The van der Waals surface area contributed by atoms with Crippen LogP contribution in [-0.4, -0.2) is 41.6 Å². The molecule has 162 valence electrons. The lowest BCUT2D eigenvalue weighted by Crippen LogP contribution is -3.14. The van der Waals surface area contributed by atoms with Crippen LogP contribution in [0.4, 0.5) is 11.5 Å². The molecule has 1 aliphatic rings. The first-order valence-corrected chi connectivity index (χ1v) is 10.7. The SMILES string of the molecule is CCN(C(=O)C[NH+](C)C1CCCCC1)c1c(N)n(Cc2ccccc2)c(=O)[nH]c1=O. The minimum Gasteiger partial charge on any atom is -0.383 e. The molecule has 2 aromatic rings. The molecule has 1 atom stereocenters. The van der Waals surface area contributed by atoms with Crippen LogP contribution in [0.25, 0.3) is 0 Å². The molecule has 3 rings (SSSR count). The van der Waals surface area contributed by atoms with Crippen molar-refractivity contribution in [3.05, 3.63) is 56.7 Å². The van der Waals surface area contributed by atoms with E-state index >= 15 is 0 Å². The first-order chi connectivity index (χ1) is 14.4. The predicted octanol–water partition coefficient (Wildman–Crippen LogP) is 0.367. The van der Waals surface area contributed by atoms with Gasteiger partial charge in [-0.25, -0.2) is 4.79 Å². The Kier molecular flexibility index (Phi) is 7.10. The molecule has 8 nitrogen and oxygen atoms in total. The molecule has 1 aliphatic carbocycles. The number of aromatic amines is 1. The standard InChI is InChI=1S/C22H31N5O3/c1-3-26(18(28)15-25(2)17-12-8-5-9-13-17)19-20(23)27(22(30)24-21(19)29)14-16-10-6-4-7-11-16/h4,6-7,10-11,17H,3,5,8-9,12-15,23H2,1-2H3,(H,24,29,30)/p+1. The minimum atomic E-state index is -0.632. The van der Waals surface area contributed by atoms with E-state index < -0.39 is 11.2 Å². The second kappa shape index (κ2) is 9.75. The lowest BCUT2D eigenvalue weighted by atomic mass is 9.94. The summed E-state index contributed by atoms with van der Waals surface area (Å²) in [5, 5.41) is 0. The smallest absolute Gasteiger partial charge is 0.330 e. The molecule has 1 unspecified atom stereocenters. The molecule has 1 aromatic heterocycles. The molecule has 1 saturated carbocycles. The van der Waals surface area contributed by atoms with E-state index in [1.807, 2.05) is 37.4 Å². The summed E-state index contributed by atoms with van der Waals surface area (Å²) in [6, 6.07) is 9.84. The van der Waals surface area contributed by atoms with Gasteiger partial charge < -0.3 is 10.6 Å². The quantitative estimate of drug-likeness (QED) is 0.609. The predicted molar refractivity (Wildman–Crippen MR) is 118 cm³/mol. The molecule has 1 heterocycles. The maximum Gasteiger partial charge on any atom is 0.330 e. The van der Waals surface area contributed by atoms with Crippen molar-refractivity contribution in [2.24, 2.45) is 0 Å². The molecule has 4 N–H and O–H groups in total. The number of carbonyl (C=O) groups excluding carboxylic acids is 1. The van der Waals surface area contributed by atoms with Gasteiger partial charge in [-0.2, -0.15) is 0 Å². The van der Waals surface area contributed by atoms with Crippen molar-refractivity contribution in [1.82, 2.24) is 9.55 Å². The zero-order valence-corrected chi connectivity index (χ0v) is 17.8. The molecule has 0 radical (unpaired) electrons. The average molecular weight is 415 g/mol. The van der Waals surface area contributed by atoms with Gasteiger partial charge in [0.1, 0.15) is 5.82 Å². The van der Waals surface area contributed by atoms with Gasteiger partial charge in [0.25, 0.3) is 11.5 Å². The van der Waals surface area contributed by atoms with E-state index in [9.17, 15) is 14.4 Å². The number of quaternary nitrogens is 1. The molecule has 1 amide bonds. The summed E-state index contributed by atoms with van der Waals surface area (Å²) in [4.78, 5) is 43.0. The lowest BCUT2D eigenvalue weighted by molar-refractivity contribution is -0.899. The highest BCUT2D eigenvalue weighted by Crippen LogP contribution is 2.18. The Bertz CT molecular complexity index is 977. The molecular weight excluding hydrogens is 382 g/mol. The van der Waals surface area contributed by atoms with Crippen LogP contribution in [0, 0.1) is 0 Å². The van der Waals surface area contributed by atoms with Gasteiger partial charge in [0.2, 0.25) is 0 Å². The number of nitrogens with one attached hydrogen (secondary N) is 2. The fourth-order valence-electron chi connectivity index (χ4n) is 4.29. The first kappa shape index (κ1) is 21.8. The average Bonchev–Trinajstić information content (AvgIpc) is 2.75. The molecule has 0 saturated heterocycles. The summed E-state index contributed by atoms with van der Waals surface area (Å²) in [6.45, 7) is 2.61. The number of likely N-dealkylation sites (N-methyl/N-ethyl adjacent to an activating group) is 2. The number of anilines is 2. The summed E-state index contributed by atoms with van der Waals surface area (Å²) in [7, 11) is 2.03. The number of H-pyrrole nitrogens is 1. The van der Waals surface area contributed by atoms with Crippen LogP contribution in [0.3, 0.4) is 0 Å². The number of benzene rings is 1. The molecule has 0 spiro atoms. The molecule has 8 heteroatoms. The third-order valence-electron chi connectivity index (χ3n) is 6.02. The summed E-state index contributed by atoms with van der Waals surface area (Å²) in [5.74, 6) is -0.152. The number of hydrogen-bond donors (Lipinski definition) is 3. The number of carbonyl (C=O) groups is 1. The second-order valence-corrected chi connectivity index (χ2v) is 8.06. The van der Waals surface area contributed by atoms with Crippen LogP contribution in [0.5, 0.6) is 0 Å². The molecule has 1 fully saturated rings. The Hall–Kier alpha value is -2.87. The van der Waals surface area contributed by atoms with Gasteiger partial charge in [-0.05, 0) is 38.2 Å². The van der Waals surface area contributed by atoms with E-state index in [0.717, 1.165) is 23.3 Å². The number of rotatable bonds is 7. The molecule has 1 aromatic carbocycles. The van der Waals surface area contributed by atoms with Gasteiger partial charge in [-0.15, -0.1) is 0 Å². The maximum absolute atomic E-state index is 13.1. The Morgan fingerprint density at radius 1 is 1.20 bits per heavy atom. The van der Waals surface area contributed by atoms with Crippen LogP contribution >= 0.6 is 0 Å². The summed E-state index contributed by atoms with van der Waals surface area (Å²) in [6.07, 6.45) is 5.90. The summed E-state index contributed by atoms with van der Waals surface area (Å²) < 4.78 is 1.31. The van der Waals surface area contributed by atoms with Crippen LogP contribution in [0.2, 0.25) is 0 Å². The molecular formula is C22H32N5O3+. The maximum atomic E-state index is 13.1. The molecule has 0 aliphatic heterocycles. The third kappa shape index (κ3) is 4.81. The first-order valence-electron chi connectivity index (χ1n) is 10.7. The lowest BCUT2D eigenvalue weighted by Gasteiger charge is -2.30. The largest absolute Gasteiger partial charge is 0.383 e. The van der Waals surface area contributed by atoms with Crippen molar-refractivity contribution in [2.75, 3.05) is 30.8 Å². The van der Waals surface area contributed by atoms with Crippen molar-refractivity contribution in [1.29, 1.82) is 0 Å². The summed E-state index contributed by atoms with van der Waals surface area (Å²) >= 11 is 0. The van der Waals surface area contributed by atoms with Crippen LogP contribution in [0.15, 0.2) is 39.9 Å². The van der Waals surface area contributed by atoms with Crippen molar-refractivity contribution in [2.45, 2.75) is 51.6 Å². The fourth-order valence-corrected chi connectivity index (χ4v) is 4.29. The van der Waals surface area contributed by atoms with Gasteiger partial charge in [-0.3, -0.25) is 24.0 Å². The normalized spacial score (nSPS) is 15.7. The van der Waals surface area contributed by atoms with E-state index in [4.69, 9.17) is 5.73 Å². The van der Waals surface area contributed by atoms with Crippen LogP contribution in [0.1, 0.15) is 44.6 Å². The van der Waals surface area contributed by atoms with Crippen LogP contribution in [-0.2, 0) is 11.3 Å². The number of nitrogens with zero attached hydrogens (tertiary/aromatic N) is 2. The highest BCUT2D eigenvalue weighted by molar-refractivity contribution is 5.96. The van der Waals surface area contributed by atoms with E-state index in [0.29, 0.717) is 12.6 Å². The van der Waals surface area contributed by atoms with Crippen LogP contribution < -0.4 is 26.8 Å². The van der Waals surface area contributed by atoms with Crippen molar-refractivity contribution in [3.8, 4) is 0 Å². The topological polar surface area (TPSA) is 106 Å². The summed E-state index contributed by atoms with van der Waals surface area (Å²) in [5.41, 5.74) is 5.97. The highest BCUT2D eigenvalue weighted by Gasteiger charge is 2.28. The second-order valence-electron chi connectivity index (χ2n) is 8.06. The zero-order valence-electron chi connectivity index (χ0n) is 17.8. The van der Waals surface area contributed by atoms with E-state index in [2.05, 4.69) is 4.98 Å². The monoisotopic (exact) mass is 414 g/mol. The van der Waals surface area contributed by atoms with Gasteiger partial charge >= 0.3 is 5.69 Å². The zero-order chi connectivity index (χ0) is 21.7. The Morgan fingerprint density at radius 2 is 1.87 bits per heavy atom. The van der Waals surface area contributed by atoms with E-state index in [1.165, 1.54) is 28.7 Å². The van der Waals surface area contributed by atoms with Gasteiger partial charge in [0, 0.05) is 6.54 Å². The van der Waals surface area contributed by atoms with Gasteiger partial charge in [0.15, 0.2) is 12.2 Å². The number of amides is 1. The van der Waals surface area contributed by atoms with Crippen molar-refractivity contribution in [3.63, 3.8) is 0 Å². The fraction of sp³-hybridized carbons (Fsp3) is 0.500. The molecule has 30 heavy (non-hydrogen) atoms. The number of nitrogen functional groups attached to an aromatic ring is 1. The Labute approximate surface area is 176 Å². The number of aromatic nitrogens is 2. The van der Waals surface area contributed by atoms with Gasteiger partial charge in [-0.1, -0.05) is 36.8 Å². The van der Waals surface area contributed by atoms with E-state index in [-0.39, 0.29) is 30.5 Å². The minimum absolute atomic E-state index is 0.0122.